The first-order valence-corrected chi connectivity index (χ1v) is 5.89. The molecule has 0 atom stereocenters. The Kier molecular flexibility index (Phi) is 4.76. The summed E-state index contributed by atoms with van der Waals surface area (Å²) in [5.74, 6) is 0.250. The van der Waals surface area contributed by atoms with Crippen LogP contribution in [0.25, 0.3) is 0 Å². The van der Waals surface area contributed by atoms with Gasteiger partial charge in [-0.2, -0.15) is 5.10 Å². The van der Waals surface area contributed by atoms with Gasteiger partial charge in [-0.3, -0.25) is 0 Å². The number of hydrogen-bond donors (Lipinski definition) is 3. The maximum atomic E-state index is 10.4. The first-order valence-electron chi connectivity index (χ1n) is 4.30. The predicted octanol–water partition coefficient (Wildman–Crippen LogP) is 1.93. The Morgan fingerprint density at radius 3 is 2.76 bits per heavy atom. The molecule has 2 amide bonds. The number of hydrazone groups is 1. The largest absolute Gasteiger partial charge is 0.503 e. The number of halogens is 2. The number of methoxy groups -OCH3 is 1. The summed E-state index contributed by atoms with van der Waals surface area (Å²) >= 11 is 6.46. The van der Waals surface area contributed by atoms with Crippen molar-refractivity contribution in [2.24, 2.45) is 10.8 Å². The van der Waals surface area contributed by atoms with Crippen LogP contribution < -0.4 is 15.9 Å². The number of hydrogen-bond acceptors (Lipinski definition) is 4. The van der Waals surface area contributed by atoms with E-state index in [2.05, 4.69) is 42.4 Å². The number of phenols is 1. The van der Waals surface area contributed by atoms with Crippen molar-refractivity contribution in [3.63, 3.8) is 0 Å². The van der Waals surface area contributed by atoms with E-state index >= 15 is 0 Å². The molecule has 0 aliphatic carbocycles. The fourth-order valence-electron chi connectivity index (χ4n) is 1.03. The lowest BCUT2D eigenvalue weighted by Crippen LogP contribution is -2.24. The van der Waals surface area contributed by atoms with Gasteiger partial charge in [0.2, 0.25) is 0 Å². The van der Waals surface area contributed by atoms with Crippen LogP contribution in [0.2, 0.25) is 0 Å². The Morgan fingerprint density at radius 2 is 2.24 bits per heavy atom. The van der Waals surface area contributed by atoms with Crippen LogP contribution in [0.4, 0.5) is 4.79 Å². The standard InChI is InChI=1S/C9H9Br2N3O3/c1-17-5-2-4(3-13-14-9(12)16)6(10)7(11)8(5)15/h2-3,15H,1H3,(H3,12,14,16)/b13-3+. The van der Waals surface area contributed by atoms with E-state index in [0.29, 0.717) is 14.5 Å². The van der Waals surface area contributed by atoms with Crippen LogP contribution in [0.5, 0.6) is 11.5 Å². The molecule has 1 aromatic carbocycles. The molecule has 8 heteroatoms. The Bertz CT molecular complexity index is 477. The van der Waals surface area contributed by atoms with E-state index < -0.39 is 6.03 Å². The van der Waals surface area contributed by atoms with Gasteiger partial charge < -0.3 is 15.6 Å². The van der Waals surface area contributed by atoms with Gasteiger partial charge in [-0.05, 0) is 37.9 Å². The van der Waals surface area contributed by atoms with Crippen molar-refractivity contribution in [3.8, 4) is 11.5 Å². The van der Waals surface area contributed by atoms with Gasteiger partial charge in [-0.15, -0.1) is 0 Å². The maximum absolute atomic E-state index is 10.4. The molecule has 0 unspecified atom stereocenters. The van der Waals surface area contributed by atoms with E-state index in [1.807, 2.05) is 0 Å². The number of ether oxygens (including phenoxy) is 1. The van der Waals surface area contributed by atoms with Crippen molar-refractivity contribution in [1.29, 1.82) is 0 Å². The molecule has 0 spiro atoms. The number of carbonyl (C=O) groups excluding carboxylic acids is 1. The fraction of sp³-hybridized carbons (Fsp3) is 0.111. The quantitative estimate of drug-likeness (QED) is 0.563. The Hall–Kier alpha value is -1.28. The highest BCUT2D eigenvalue weighted by Gasteiger charge is 2.13. The lowest BCUT2D eigenvalue weighted by atomic mass is 10.2. The van der Waals surface area contributed by atoms with E-state index in [4.69, 9.17) is 10.5 Å². The van der Waals surface area contributed by atoms with Crippen LogP contribution in [0.3, 0.4) is 0 Å². The van der Waals surface area contributed by atoms with Crippen LogP contribution >= 0.6 is 31.9 Å². The van der Waals surface area contributed by atoms with Crippen LogP contribution in [0.1, 0.15) is 5.56 Å². The Labute approximate surface area is 114 Å². The lowest BCUT2D eigenvalue weighted by Gasteiger charge is -2.09. The highest BCUT2D eigenvalue weighted by Crippen LogP contribution is 2.41. The normalized spacial score (nSPS) is 10.5. The number of nitrogens with one attached hydrogen (secondary N) is 1. The molecule has 6 nitrogen and oxygen atoms in total. The molecular weight excluding hydrogens is 358 g/mol. The van der Waals surface area contributed by atoms with Gasteiger partial charge in [-0.25, -0.2) is 10.2 Å². The fourth-order valence-corrected chi connectivity index (χ4v) is 1.86. The van der Waals surface area contributed by atoms with Crippen LogP contribution in [-0.4, -0.2) is 24.5 Å². The number of benzene rings is 1. The summed E-state index contributed by atoms with van der Waals surface area (Å²) in [5.41, 5.74) is 7.51. The van der Waals surface area contributed by atoms with Gasteiger partial charge in [0.15, 0.2) is 11.5 Å². The molecule has 0 saturated carbocycles. The summed E-state index contributed by atoms with van der Waals surface area (Å²) in [7, 11) is 1.43. The van der Waals surface area contributed by atoms with Gasteiger partial charge >= 0.3 is 6.03 Å². The molecule has 0 bridgehead atoms. The summed E-state index contributed by atoms with van der Waals surface area (Å²) in [4.78, 5) is 10.4. The molecular formula is C9H9Br2N3O3. The average Bonchev–Trinajstić information content (AvgIpc) is 2.29. The van der Waals surface area contributed by atoms with Crippen molar-refractivity contribution >= 4 is 44.1 Å². The molecule has 92 valence electrons. The van der Waals surface area contributed by atoms with E-state index in [9.17, 15) is 9.90 Å². The summed E-state index contributed by atoms with van der Waals surface area (Å²) < 4.78 is 5.98. The van der Waals surface area contributed by atoms with E-state index in [1.54, 1.807) is 6.07 Å². The number of nitrogens with two attached hydrogens (primary N) is 1. The summed E-state index contributed by atoms with van der Waals surface area (Å²) in [6.45, 7) is 0. The highest BCUT2D eigenvalue weighted by atomic mass is 79.9. The minimum Gasteiger partial charge on any atom is -0.503 e. The van der Waals surface area contributed by atoms with E-state index in [1.165, 1.54) is 13.3 Å². The molecule has 0 saturated heterocycles. The van der Waals surface area contributed by atoms with Crippen LogP contribution in [-0.2, 0) is 0 Å². The van der Waals surface area contributed by atoms with E-state index in [0.717, 1.165) is 0 Å². The number of phenolic OH excluding ortho intramolecular Hbond substituents is 1. The van der Waals surface area contributed by atoms with Crippen molar-refractivity contribution in [2.45, 2.75) is 0 Å². The zero-order chi connectivity index (χ0) is 13.0. The number of nitrogens with zero attached hydrogens (tertiary/aromatic N) is 1. The summed E-state index contributed by atoms with van der Waals surface area (Å²) in [6.07, 6.45) is 1.36. The van der Waals surface area contributed by atoms with Crippen molar-refractivity contribution in [2.75, 3.05) is 7.11 Å². The molecule has 0 aromatic heterocycles. The zero-order valence-corrected chi connectivity index (χ0v) is 11.9. The monoisotopic (exact) mass is 365 g/mol. The molecule has 0 aliphatic rings. The average molecular weight is 367 g/mol. The van der Waals surface area contributed by atoms with Gasteiger partial charge in [0.1, 0.15) is 0 Å². The second kappa shape index (κ2) is 5.87. The topological polar surface area (TPSA) is 96.9 Å². The highest BCUT2D eigenvalue weighted by molar-refractivity contribution is 9.13. The minimum absolute atomic E-state index is 0.0283. The molecule has 1 aromatic rings. The van der Waals surface area contributed by atoms with Crippen molar-refractivity contribution < 1.29 is 14.6 Å². The number of rotatable bonds is 3. The first-order chi connectivity index (χ1) is 7.97. The lowest BCUT2D eigenvalue weighted by molar-refractivity contribution is 0.249. The third kappa shape index (κ3) is 3.34. The van der Waals surface area contributed by atoms with Crippen molar-refractivity contribution in [1.82, 2.24) is 5.43 Å². The van der Waals surface area contributed by atoms with Crippen molar-refractivity contribution in [3.05, 3.63) is 20.6 Å². The number of urea groups is 1. The van der Waals surface area contributed by atoms with Gasteiger partial charge in [0.25, 0.3) is 0 Å². The molecule has 0 aliphatic heterocycles. The van der Waals surface area contributed by atoms with Crippen LogP contribution in [0.15, 0.2) is 20.1 Å². The van der Waals surface area contributed by atoms with Gasteiger partial charge in [0, 0.05) is 10.0 Å². The summed E-state index contributed by atoms with van der Waals surface area (Å²) in [5, 5.41) is 13.3. The molecule has 4 N–H and O–H groups in total. The Balaban J connectivity index is 3.12. The number of carbonyl (C=O) groups is 1. The van der Waals surface area contributed by atoms with E-state index in [-0.39, 0.29) is 11.5 Å². The number of primary amides is 1. The maximum Gasteiger partial charge on any atom is 0.332 e. The number of amides is 2. The smallest absolute Gasteiger partial charge is 0.332 e. The third-order valence-electron chi connectivity index (χ3n) is 1.77. The zero-order valence-electron chi connectivity index (χ0n) is 8.70. The van der Waals surface area contributed by atoms with Crippen LogP contribution in [0, 0.1) is 0 Å². The second-order valence-electron chi connectivity index (χ2n) is 2.88. The molecule has 1 rings (SSSR count). The first kappa shape index (κ1) is 13.8. The molecule has 0 fully saturated rings. The second-order valence-corrected chi connectivity index (χ2v) is 4.46. The SMILES string of the molecule is COc1cc(/C=N/NC(N)=O)c(Br)c(Br)c1O. The summed E-state index contributed by atoms with van der Waals surface area (Å²) in [6, 6.07) is 0.790. The molecule has 0 heterocycles. The molecule has 17 heavy (non-hydrogen) atoms. The molecule has 0 radical (unpaired) electrons. The van der Waals surface area contributed by atoms with Gasteiger partial charge in [-0.1, -0.05) is 0 Å². The predicted molar refractivity (Wildman–Crippen MR) is 70.4 cm³/mol. The minimum atomic E-state index is -0.762. The number of aromatic hydroxyl groups is 1. The van der Waals surface area contributed by atoms with Gasteiger partial charge in [0.05, 0.1) is 17.8 Å². The Morgan fingerprint density at radius 1 is 1.59 bits per heavy atom. The third-order valence-corrected chi connectivity index (χ3v) is 3.93.